The second kappa shape index (κ2) is 10.6. The number of benzene rings is 2. The molecule has 1 aromatic heterocycles. The second-order valence-electron chi connectivity index (χ2n) is 8.14. The molecule has 0 spiro atoms. The van der Waals surface area contributed by atoms with E-state index in [0.29, 0.717) is 48.8 Å². The number of carbonyl (C=O) groups excluding carboxylic acids is 1. The Morgan fingerprint density at radius 3 is 2.44 bits per heavy atom. The van der Waals surface area contributed by atoms with Gasteiger partial charge >= 0.3 is 0 Å². The fourth-order valence-electron chi connectivity index (χ4n) is 3.45. The standard InChI is InChI=1S/C24H27N3O5S2/c1-17(2)18-3-7-20(8-4-18)32-15-23(28)26-24-25-22(16-33-24)19-5-9-21(10-6-19)34(29,30)27-11-13-31-14-12-27/h3-10,16-17H,11-15H2,1-2H3,(H,25,26,28). The van der Waals surface area contributed by atoms with Crippen LogP contribution in [0.3, 0.4) is 0 Å². The second-order valence-corrected chi connectivity index (χ2v) is 10.9. The molecule has 1 amide bonds. The Morgan fingerprint density at radius 2 is 1.79 bits per heavy atom. The molecule has 1 aliphatic heterocycles. The fourth-order valence-corrected chi connectivity index (χ4v) is 5.59. The Labute approximate surface area is 203 Å². The maximum atomic E-state index is 12.8. The van der Waals surface area contributed by atoms with Gasteiger partial charge in [-0.2, -0.15) is 4.31 Å². The lowest BCUT2D eigenvalue weighted by Gasteiger charge is -2.26. The normalized spacial score (nSPS) is 14.8. The third-order valence-corrected chi connectivity index (χ3v) is 8.10. The van der Waals surface area contributed by atoms with Gasteiger partial charge in [0.15, 0.2) is 11.7 Å². The molecule has 180 valence electrons. The van der Waals surface area contributed by atoms with E-state index in [4.69, 9.17) is 9.47 Å². The maximum absolute atomic E-state index is 12.8. The highest BCUT2D eigenvalue weighted by atomic mass is 32.2. The average Bonchev–Trinajstić information content (AvgIpc) is 3.32. The largest absolute Gasteiger partial charge is 0.484 e. The van der Waals surface area contributed by atoms with Crippen LogP contribution in [-0.4, -0.2) is 56.5 Å². The van der Waals surface area contributed by atoms with E-state index in [1.54, 1.807) is 24.3 Å². The lowest BCUT2D eigenvalue weighted by molar-refractivity contribution is -0.118. The topological polar surface area (TPSA) is 97.8 Å². The van der Waals surface area contributed by atoms with Crippen LogP contribution in [0.2, 0.25) is 0 Å². The summed E-state index contributed by atoms with van der Waals surface area (Å²) < 4.78 is 37.8. The number of sulfonamides is 1. The van der Waals surface area contributed by atoms with E-state index in [-0.39, 0.29) is 17.4 Å². The molecule has 0 radical (unpaired) electrons. The molecule has 10 heteroatoms. The van der Waals surface area contributed by atoms with Crippen LogP contribution in [0.1, 0.15) is 25.3 Å². The Kier molecular flexibility index (Phi) is 7.62. The first-order valence-electron chi connectivity index (χ1n) is 11.0. The molecule has 4 rings (SSSR count). The minimum atomic E-state index is -3.54. The number of anilines is 1. The Hall–Kier alpha value is -2.79. The van der Waals surface area contributed by atoms with Crippen molar-refractivity contribution in [2.45, 2.75) is 24.7 Å². The van der Waals surface area contributed by atoms with Crippen LogP contribution in [0.15, 0.2) is 58.8 Å². The van der Waals surface area contributed by atoms with Gasteiger partial charge in [-0.3, -0.25) is 10.1 Å². The molecule has 0 saturated carbocycles. The first-order valence-corrected chi connectivity index (χ1v) is 13.3. The molecule has 0 bridgehead atoms. The van der Waals surface area contributed by atoms with E-state index in [9.17, 15) is 13.2 Å². The average molecular weight is 502 g/mol. The molecule has 0 atom stereocenters. The van der Waals surface area contributed by atoms with Gasteiger partial charge in [0.2, 0.25) is 10.0 Å². The SMILES string of the molecule is CC(C)c1ccc(OCC(=O)Nc2nc(-c3ccc(S(=O)(=O)N4CCOCC4)cc3)cs2)cc1. The summed E-state index contributed by atoms with van der Waals surface area (Å²) in [4.78, 5) is 16.9. The van der Waals surface area contributed by atoms with Crippen LogP contribution >= 0.6 is 11.3 Å². The summed E-state index contributed by atoms with van der Waals surface area (Å²) in [5.74, 6) is 0.758. The Balaban J connectivity index is 1.34. The zero-order valence-corrected chi connectivity index (χ0v) is 20.7. The summed E-state index contributed by atoms with van der Waals surface area (Å²) >= 11 is 1.29. The molecule has 0 aliphatic carbocycles. The minimum absolute atomic E-state index is 0.121. The molecule has 2 heterocycles. The highest BCUT2D eigenvalue weighted by Gasteiger charge is 2.26. The van der Waals surface area contributed by atoms with Crippen LogP contribution in [-0.2, 0) is 19.6 Å². The van der Waals surface area contributed by atoms with Gasteiger partial charge < -0.3 is 9.47 Å². The number of hydrogen-bond acceptors (Lipinski definition) is 7. The summed E-state index contributed by atoms with van der Waals surface area (Å²) in [5.41, 5.74) is 2.62. The molecule has 1 N–H and O–H groups in total. The summed E-state index contributed by atoms with van der Waals surface area (Å²) in [6.07, 6.45) is 0. The quantitative estimate of drug-likeness (QED) is 0.502. The Bertz CT molecular complexity index is 1220. The molecule has 1 saturated heterocycles. The zero-order chi connectivity index (χ0) is 24.1. The number of aromatic nitrogens is 1. The minimum Gasteiger partial charge on any atom is -0.484 e. The number of morpholine rings is 1. The predicted octanol–water partition coefficient (Wildman–Crippen LogP) is 3.97. The molecular weight excluding hydrogens is 474 g/mol. The maximum Gasteiger partial charge on any atom is 0.264 e. The van der Waals surface area contributed by atoms with Gasteiger partial charge in [-0.05, 0) is 35.7 Å². The van der Waals surface area contributed by atoms with Gasteiger partial charge in [-0.1, -0.05) is 38.1 Å². The summed E-state index contributed by atoms with van der Waals surface area (Å²) in [6.45, 7) is 5.63. The monoisotopic (exact) mass is 501 g/mol. The van der Waals surface area contributed by atoms with Gasteiger partial charge in [0.25, 0.3) is 5.91 Å². The van der Waals surface area contributed by atoms with E-state index in [1.165, 1.54) is 21.2 Å². The van der Waals surface area contributed by atoms with Crippen molar-refractivity contribution in [1.82, 2.24) is 9.29 Å². The van der Waals surface area contributed by atoms with Crippen molar-refractivity contribution in [3.8, 4) is 17.0 Å². The van der Waals surface area contributed by atoms with Crippen LogP contribution in [0, 0.1) is 0 Å². The van der Waals surface area contributed by atoms with E-state index in [0.717, 1.165) is 5.56 Å². The van der Waals surface area contributed by atoms with E-state index in [2.05, 4.69) is 24.1 Å². The lowest BCUT2D eigenvalue weighted by atomic mass is 10.0. The molecular formula is C24H27N3O5S2. The number of nitrogens with one attached hydrogen (secondary N) is 1. The molecule has 1 fully saturated rings. The van der Waals surface area contributed by atoms with E-state index >= 15 is 0 Å². The first kappa shape index (κ1) is 24.3. The van der Waals surface area contributed by atoms with Crippen molar-refractivity contribution >= 4 is 32.4 Å². The van der Waals surface area contributed by atoms with E-state index in [1.807, 2.05) is 29.6 Å². The highest BCUT2D eigenvalue weighted by molar-refractivity contribution is 7.89. The van der Waals surface area contributed by atoms with Crippen molar-refractivity contribution in [3.63, 3.8) is 0 Å². The van der Waals surface area contributed by atoms with Crippen molar-refractivity contribution < 1.29 is 22.7 Å². The number of ether oxygens (including phenoxy) is 2. The fraction of sp³-hybridized carbons (Fsp3) is 0.333. The number of thiazole rings is 1. The molecule has 0 unspecified atom stereocenters. The van der Waals surface area contributed by atoms with Crippen molar-refractivity contribution in [3.05, 3.63) is 59.5 Å². The number of amides is 1. The van der Waals surface area contributed by atoms with Crippen LogP contribution < -0.4 is 10.1 Å². The van der Waals surface area contributed by atoms with Crippen LogP contribution in [0.4, 0.5) is 5.13 Å². The van der Waals surface area contributed by atoms with Gasteiger partial charge in [0.1, 0.15) is 5.75 Å². The van der Waals surface area contributed by atoms with Crippen molar-refractivity contribution in [2.24, 2.45) is 0 Å². The van der Waals surface area contributed by atoms with Crippen LogP contribution in [0.25, 0.3) is 11.3 Å². The zero-order valence-electron chi connectivity index (χ0n) is 19.1. The third kappa shape index (κ3) is 5.82. The van der Waals surface area contributed by atoms with Gasteiger partial charge in [-0.15, -0.1) is 11.3 Å². The number of hydrogen-bond donors (Lipinski definition) is 1. The van der Waals surface area contributed by atoms with Gasteiger partial charge in [0.05, 0.1) is 23.8 Å². The van der Waals surface area contributed by atoms with Gasteiger partial charge in [0, 0.05) is 24.0 Å². The summed E-state index contributed by atoms with van der Waals surface area (Å²) in [6, 6.07) is 14.3. The molecule has 34 heavy (non-hydrogen) atoms. The van der Waals surface area contributed by atoms with Crippen molar-refractivity contribution in [1.29, 1.82) is 0 Å². The molecule has 8 nitrogen and oxygen atoms in total. The number of carbonyl (C=O) groups is 1. The summed E-state index contributed by atoms with van der Waals surface area (Å²) in [7, 11) is -3.54. The predicted molar refractivity (Wildman–Crippen MR) is 132 cm³/mol. The molecule has 2 aromatic carbocycles. The smallest absolute Gasteiger partial charge is 0.264 e. The van der Waals surface area contributed by atoms with E-state index < -0.39 is 10.0 Å². The van der Waals surface area contributed by atoms with Crippen molar-refractivity contribution in [2.75, 3.05) is 38.2 Å². The lowest BCUT2D eigenvalue weighted by Crippen LogP contribution is -2.40. The van der Waals surface area contributed by atoms with Gasteiger partial charge in [-0.25, -0.2) is 13.4 Å². The highest BCUT2D eigenvalue weighted by Crippen LogP contribution is 2.27. The number of nitrogens with zero attached hydrogens (tertiary/aromatic N) is 2. The summed E-state index contributed by atoms with van der Waals surface area (Å²) in [5, 5.41) is 5.00. The third-order valence-electron chi connectivity index (χ3n) is 5.43. The molecule has 1 aliphatic rings. The Morgan fingerprint density at radius 1 is 1.12 bits per heavy atom. The number of rotatable bonds is 8. The first-order chi connectivity index (χ1) is 16.3. The molecule has 3 aromatic rings. The van der Waals surface area contributed by atoms with Crippen LogP contribution in [0.5, 0.6) is 5.75 Å².